The van der Waals surface area contributed by atoms with Gasteiger partial charge in [0.1, 0.15) is 5.75 Å². The zero-order valence-electron chi connectivity index (χ0n) is 21.0. The van der Waals surface area contributed by atoms with E-state index in [-0.39, 0.29) is 25.1 Å². The number of para-hydroxylation sites is 2. The lowest BCUT2D eigenvalue weighted by molar-refractivity contribution is -0.111. The lowest BCUT2D eigenvalue weighted by Crippen LogP contribution is -2.11. The molecule has 0 fully saturated rings. The van der Waals surface area contributed by atoms with Gasteiger partial charge in [0.25, 0.3) is 0 Å². The van der Waals surface area contributed by atoms with Crippen LogP contribution < -0.4 is 24.8 Å². The number of aromatic nitrogens is 1. The maximum atomic E-state index is 12.7. The normalized spacial score (nSPS) is 13.6. The standard InChI is InChI=1S/C30H27N3O4.ClH/c1-35-26-9-5-4-8-25(26)33-30-21-6-2-3-7-23(21)32-24-13-12-20(17-22(24)30)31-29(34)15-11-19-10-14-27-28(16-19)37-18-36-27;/h4-5,8-17H,2-3,6-7,18H2,1H3,(H,31,34)(H,32,33);1H. The second-order valence-electron chi connectivity index (χ2n) is 9.11. The third-order valence-corrected chi connectivity index (χ3v) is 6.72. The molecule has 3 aromatic carbocycles. The number of amides is 1. The van der Waals surface area contributed by atoms with Crippen molar-refractivity contribution in [2.75, 3.05) is 24.5 Å². The molecule has 0 saturated heterocycles. The number of halogens is 1. The Hall–Kier alpha value is -4.23. The fraction of sp³-hybridized carbons (Fsp3) is 0.200. The van der Waals surface area contributed by atoms with Gasteiger partial charge in [0.2, 0.25) is 12.7 Å². The number of nitrogens with one attached hydrogen (secondary N) is 2. The molecule has 2 aliphatic rings. The SMILES string of the molecule is COc1ccccc1Nc1c2c(nc3ccc(NC(=O)C=Cc4ccc5c(c4)OCO5)cc13)CCCC2.Cl. The van der Waals surface area contributed by atoms with Gasteiger partial charge in [-0.1, -0.05) is 18.2 Å². The Bertz CT molecular complexity index is 1540. The summed E-state index contributed by atoms with van der Waals surface area (Å²) in [6.07, 6.45) is 7.47. The van der Waals surface area contributed by atoms with Gasteiger partial charge in [0.15, 0.2) is 11.5 Å². The van der Waals surface area contributed by atoms with Crippen molar-refractivity contribution in [3.05, 3.63) is 83.6 Å². The lowest BCUT2D eigenvalue weighted by atomic mass is 9.92. The number of ether oxygens (including phenoxy) is 3. The van der Waals surface area contributed by atoms with E-state index in [0.717, 1.165) is 65.0 Å². The number of rotatable bonds is 6. The summed E-state index contributed by atoms with van der Waals surface area (Å²) in [6.45, 7) is 0.219. The van der Waals surface area contributed by atoms with Crippen molar-refractivity contribution in [1.82, 2.24) is 4.98 Å². The van der Waals surface area contributed by atoms with Crippen LogP contribution in [0.15, 0.2) is 66.7 Å². The predicted octanol–water partition coefficient (Wildman–Crippen LogP) is 6.67. The maximum absolute atomic E-state index is 12.7. The predicted molar refractivity (Wildman–Crippen MR) is 152 cm³/mol. The summed E-state index contributed by atoms with van der Waals surface area (Å²) in [7, 11) is 1.67. The van der Waals surface area contributed by atoms with Crippen LogP contribution in [0.25, 0.3) is 17.0 Å². The van der Waals surface area contributed by atoms with Gasteiger partial charge >= 0.3 is 0 Å². The Balaban J connectivity index is 0.00000294. The third-order valence-electron chi connectivity index (χ3n) is 6.72. The number of fused-ring (bicyclic) bond motifs is 3. The third kappa shape index (κ3) is 5.10. The van der Waals surface area contributed by atoms with Crippen molar-refractivity contribution in [3.63, 3.8) is 0 Å². The molecular formula is C30H28ClN3O4. The molecule has 2 heterocycles. The van der Waals surface area contributed by atoms with E-state index in [4.69, 9.17) is 19.2 Å². The second kappa shape index (κ2) is 11.0. The highest BCUT2D eigenvalue weighted by molar-refractivity contribution is 6.04. The summed E-state index contributed by atoms with van der Waals surface area (Å²) in [4.78, 5) is 17.7. The van der Waals surface area contributed by atoms with E-state index in [1.807, 2.05) is 60.7 Å². The van der Waals surface area contributed by atoms with Crippen LogP contribution in [0.4, 0.5) is 17.1 Å². The van der Waals surface area contributed by atoms with E-state index < -0.39 is 0 Å². The van der Waals surface area contributed by atoms with E-state index >= 15 is 0 Å². The van der Waals surface area contributed by atoms with Crippen LogP contribution in [0.5, 0.6) is 17.2 Å². The largest absolute Gasteiger partial charge is 0.495 e. The fourth-order valence-electron chi connectivity index (χ4n) is 4.90. The molecule has 0 atom stereocenters. The Morgan fingerprint density at radius 1 is 1.00 bits per heavy atom. The molecule has 7 nitrogen and oxygen atoms in total. The Morgan fingerprint density at radius 3 is 2.74 bits per heavy atom. The minimum atomic E-state index is -0.220. The van der Waals surface area contributed by atoms with E-state index in [1.165, 1.54) is 11.6 Å². The minimum Gasteiger partial charge on any atom is -0.495 e. The number of nitrogens with zero attached hydrogens (tertiary/aromatic N) is 1. The van der Waals surface area contributed by atoms with E-state index in [0.29, 0.717) is 17.2 Å². The molecule has 1 amide bonds. The quantitative estimate of drug-likeness (QED) is 0.271. The zero-order valence-corrected chi connectivity index (χ0v) is 21.8. The Morgan fingerprint density at radius 2 is 1.84 bits per heavy atom. The van der Waals surface area contributed by atoms with Crippen LogP contribution in [-0.2, 0) is 17.6 Å². The van der Waals surface area contributed by atoms with Gasteiger partial charge < -0.3 is 24.8 Å². The van der Waals surface area contributed by atoms with Crippen LogP contribution in [0.2, 0.25) is 0 Å². The Labute approximate surface area is 227 Å². The van der Waals surface area contributed by atoms with Crippen LogP contribution in [0, 0.1) is 0 Å². The molecule has 0 bridgehead atoms. The second-order valence-corrected chi connectivity index (χ2v) is 9.11. The van der Waals surface area contributed by atoms with Gasteiger partial charge in [0, 0.05) is 22.8 Å². The number of hydrogen-bond acceptors (Lipinski definition) is 6. The summed E-state index contributed by atoms with van der Waals surface area (Å²) >= 11 is 0. The number of carbonyl (C=O) groups is 1. The van der Waals surface area contributed by atoms with Gasteiger partial charge in [-0.25, -0.2) is 0 Å². The van der Waals surface area contributed by atoms with Crippen molar-refractivity contribution < 1.29 is 19.0 Å². The highest BCUT2D eigenvalue weighted by Gasteiger charge is 2.20. The van der Waals surface area contributed by atoms with Gasteiger partial charge in [-0.15, -0.1) is 12.4 Å². The first-order valence-corrected chi connectivity index (χ1v) is 12.4. The van der Waals surface area contributed by atoms with Gasteiger partial charge in [-0.05, 0) is 85.4 Å². The number of benzene rings is 3. The molecule has 0 radical (unpaired) electrons. The first-order valence-electron chi connectivity index (χ1n) is 12.4. The molecule has 1 aliphatic carbocycles. The number of aryl methyl sites for hydroxylation is 1. The topological polar surface area (TPSA) is 81.7 Å². The first-order chi connectivity index (χ1) is 18.2. The van der Waals surface area contributed by atoms with E-state index in [2.05, 4.69) is 10.6 Å². The van der Waals surface area contributed by atoms with Crippen LogP contribution >= 0.6 is 12.4 Å². The summed E-state index contributed by atoms with van der Waals surface area (Å²) in [5.41, 5.74) is 6.75. The molecule has 8 heteroatoms. The molecule has 0 spiro atoms. The molecule has 38 heavy (non-hydrogen) atoms. The molecule has 194 valence electrons. The molecule has 1 aromatic heterocycles. The van der Waals surface area contributed by atoms with E-state index in [9.17, 15) is 4.79 Å². The first kappa shape index (κ1) is 25.4. The number of methoxy groups -OCH3 is 1. The van der Waals surface area contributed by atoms with Gasteiger partial charge in [-0.2, -0.15) is 0 Å². The van der Waals surface area contributed by atoms with Crippen molar-refractivity contribution in [2.24, 2.45) is 0 Å². The highest BCUT2D eigenvalue weighted by Crippen LogP contribution is 2.38. The minimum absolute atomic E-state index is 0. The zero-order chi connectivity index (χ0) is 25.2. The molecule has 2 N–H and O–H groups in total. The maximum Gasteiger partial charge on any atom is 0.248 e. The summed E-state index contributed by atoms with van der Waals surface area (Å²) in [5, 5.41) is 7.58. The molecular weight excluding hydrogens is 502 g/mol. The average molecular weight is 530 g/mol. The van der Waals surface area contributed by atoms with Crippen molar-refractivity contribution in [3.8, 4) is 17.2 Å². The van der Waals surface area contributed by atoms with E-state index in [1.54, 1.807) is 13.2 Å². The summed E-state index contributed by atoms with van der Waals surface area (Å²) in [6, 6.07) is 19.3. The lowest BCUT2D eigenvalue weighted by Gasteiger charge is -2.22. The summed E-state index contributed by atoms with van der Waals surface area (Å²) < 4.78 is 16.3. The monoisotopic (exact) mass is 529 g/mol. The highest BCUT2D eigenvalue weighted by atomic mass is 35.5. The van der Waals surface area contributed by atoms with Crippen molar-refractivity contribution >= 4 is 52.4 Å². The van der Waals surface area contributed by atoms with Crippen LogP contribution in [0.1, 0.15) is 29.7 Å². The van der Waals surface area contributed by atoms with Crippen molar-refractivity contribution in [1.29, 1.82) is 0 Å². The van der Waals surface area contributed by atoms with Crippen molar-refractivity contribution in [2.45, 2.75) is 25.7 Å². The van der Waals surface area contributed by atoms with Crippen LogP contribution in [0.3, 0.4) is 0 Å². The molecule has 4 aromatic rings. The molecule has 6 rings (SSSR count). The number of pyridine rings is 1. The average Bonchev–Trinajstić information content (AvgIpc) is 3.40. The number of carbonyl (C=O) groups excluding carboxylic acids is 1. The molecule has 1 aliphatic heterocycles. The Kier molecular flexibility index (Phi) is 7.38. The molecule has 0 unspecified atom stereocenters. The molecule has 0 saturated carbocycles. The summed E-state index contributed by atoms with van der Waals surface area (Å²) in [5.74, 6) is 1.95. The fourth-order valence-corrected chi connectivity index (χ4v) is 4.90. The number of anilines is 3. The smallest absolute Gasteiger partial charge is 0.248 e. The van der Waals surface area contributed by atoms with Crippen LogP contribution in [-0.4, -0.2) is 24.8 Å². The van der Waals surface area contributed by atoms with Gasteiger partial charge in [0.05, 0.1) is 24.0 Å². The van der Waals surface area contributed by atoms with Gasteiger partial charge in [-0.3, -0.25) is 9.78 Å². The number of hydrogen-bond donors (Lipinski definition) is 2.